The van der Waals surface area contributed by atoms with E-state index in [4.69, 9.17) is 5.11 Å². The largest absolute Gasteiger partial charge is 0.478 e. The zero-order chi connectivity index (χ0) is 13.5. The van der Waals surface area contributed by atoms with E-state index >= 15 is 0 Å². The van der Waals surface area contributed by atoms with Crippen LogP contribution in [0.1, 0.15) is 31.7 Å². The molecule has 2 N–H and O–H groups in total. The van der Waals surface area contributed by atoms with Gasteiger partial charge >= 0.3 is 5.97 Å². The molecule has 0 bridgehead atoms. The lowest BCUT2D eigenvalue weighted by atomic mass is 9.99. The summed E-state index contributed by atoms with van der Waals surface area (Å²) in [6.07, 6.45) is 2.86. The molecule has 0 unspecified atom stereocenters. The predicted octanol–water partition coefficient (Wildman–Crippen LogP) is 2.78. The van der Waals surface area contributed by atoms with Crippen molar-refractivity contribution in [1.82, 2.24) is 0 Å². The van der Waals surface area contributed by atoms with Crippen LogP contribution in [-0.4, -0.2) is 17.0 Å². The number of amides is 1. The zero-order valence-corrected chi connectivity index (χ0v) is 10.5. The molecule has 4 nitrogen and oxygen atoms in total. The van der Waals surface area contributed by atoms with E-state index in [1.807, 2.05) is 24.3 Å². The van der Waals surface area contributed by atoms with Gasteiger partial charge in [-0.05, 0) is 30.0 Å². The maximum atomic E-state index is 11.3. The van der Waals surface area contributed by atoms with Gasteiger partial charge in [0.1, 0.15) is 0 Å². The molecule has 0 saturated carbocycles. The highest BCUT2D eigenvalue weighted by Gasteiger charge is 2.03. The van der Waals surface area contributed by atoms with Crippen molar-refractivity contribution in [2.75, 3.05) is 5.32 Å². The van der Waals surface area contributed by atoms with E-state index in [0.29, 0.717) is 11.6 Å². The highest BCUT2D eigenvalue weighted by molar-refractivity contribution is 6.02. The Kier molecular flexibility index (Phi) is 5.11. The highest BCUT2D eigenvalue weighted by atomic mass is 16.4. The number of hydrogen-bond acceptors (Lipinski definition) is 2. The molecular weight excluding hydrogens is 230 g/mol. The first kappa shape index (κ1) is 14.0. The quantitative estimate of drug-likeness (QED) is 0.786. The number of benzene rings is 1. The minimum atomic E-state index is -1.14. The van der Waals surface area contributed by atoms with Crippen LogP contribution in [0, 0.1) is 0 Å². The lowest BCUT2D eigenvalue weighted by Crippen LogP contribution is -2.08. The lowest BCUT2D eigenvalue weighted by Gasteiger charge is -2.09. The summed E-state index contributed by atoms with van der Waals surface area (Å²) in [5.74, 6) is -1.10. The maximum Gasteiger partial charge on any atom is 0.328 e. The number of nitrogens with one attached hydrogen (secondary N) is 1. The van der Waals surface area contributed by atoms with E-state index < -0.39 is 11.9 Å². The Morgan fingerprint density at radius 1 is 1.28 bits per heavy atom. The van der Waals surface area contributed by atoms with Gasteiger partial charge < -0.3 is 10.4 Å². The molecule has 0 aliphatic rings. The molecule has 0 aliphatic carbocycles. The molecule has 0 fully saturated rings. The van der Waals surface area contributed by atoms with Crippen LogP contribution in [0.2, 0.25) is 0 Å². The van der Waals surface area contributed by atoms with Gasteiger partial charge in [-0.3, -0.25) is 4.79 Å². The van der Waals surface area contributed by atoms with E-state index in [1.54, 1.807) is 0 Å². The van der Waals surface area contributed by atoms with Crippen molar-refractivity contribution in [3.63, 3.8) is 0 Å². The van der Waals surface area contributed by atoms with Gasteiger partial charge in [0.2, 0.25) is 5.91 Å². The Labute approximate surface area is 106 Å². The molecule has 1 aromatic rings. The summed E-state index contributed by atoms with van der Waals surface area (Å²) in [6, 6.07) is 7.55. The standard InChI is InChI=1S/C14H17NO3/c1-3-10(2)11-4-6-12(7-5-11)15-13(16)8-9-14(17)18/h4-10H,3H2,1-2H3,(H,15,16)(H,17,18)/b9-8+/t10-/m0/s1. The van der Waals surface area contributed by atoms with Crippen LogP contribution >= 0.6 is 0 Å². The van der Waals surface area contributed by atoms with Gasteiger partial charge in [0.05, 0.1) is 0 Å². The summed E-state index contributed by atoms with van der Waals surface area (Å²) in [6.45, 7) is 4.26. The maximum absolute atomic E-state index is 11.3. The van der Waals surface area contributed by atoms with Crippen molar-refractivity contribution >= 4 is 17.6 Å². The average molecular weight is 247 g/mol. The normalized spacial score (nSPS) is 12.3. The van der Waals surface area contributed by atoms with Gasteiger partial charge in [-0.15, -0.1) is 0 Å². The molecular formula is C14H17NO3. The van der Waals surface area contributed by atoms with E-state index in [9.17, 15) is 9.59 Å². The molecule has 0 radical (unpaired) electrons. The molecule has 0 aromatic heterocycles. The SMILES string of the molecule is CC[C@H](C)c1ccc(NC(=O)/C=C/C(=O)O)cc1. The molecule has 96 valence electrons. The number of rotatable bonds is 5. The third kappa shape index (κ3) is 4.41. The topological polar surface area (TPSA) is 66.4 Å². The summed E-state index contributed by atoms with van der Waals surface area (Å²) in [5, 5.41) is 11.0. The van der Waals surface area contributed by atoms with Crippen LogP contribution in [0.3, 0.4) is 0 Å². The summed E-state index contributed by atoms with van der Waals surface area (Å²) >= 11 is 0. The fraction of sp³-hybridized carbons (Fsp3) is 0.286. The van der Waals surface area contributed by atoms with Crippen LogP contribution in [0.25, 0.3) is 0 Å². The van der Waals surface area contributed by atoms with Crippen molar-refractivity contribution in [2.45, 2.75) is 26.2 Å². The van der Waals surface area contributed by atoms with Crippen LogP contribution in [-0.2, 0) is 9.59 Å². The van der Waals surface area contributed by atoms with Crippen molar-refractivity contribution in [3.8, 4) is 0 Å². The predicted molar refractivity (Wildman–Crippen MR) is 70.6 cm³/mol. The van der Waals surface area contributed by atoms with Crippen molar-refractivity contribution in [3.05, 3.63) is 42.0 Å². The second-order valence-electron chi connectivity index (χ2n) is 4.09. The summed E-state index contributed by atoms with van der Waals surface area (Å²) in [4.78, 5) is 21.6. The van der Waals surface area contributed by atoms with Crippen LogP contribution in [0.4, 0.5) is 5.69 Å². The molecule has 4 heteroatoms. The minimum absolute atomic E-state index is 0.450. The first-order valence-corrected chi connectivity index (χ1v) is 5.85. The zero-order valence-electron chi connectivity index (χ0n) is 10.5. The molecule has 0 spiro atoms. The monoisotopic (exact) mass is 247 g/mol. The van der Waals surface area contributed by atoms with E-state index in [-0.39, 0.29) is 0 Å². The molecule has 1 amide bonds. The Bertz CT molecular complexity index is 449. The van der Waals surface area contributed by atoms with Gasteiger partial charge in [-0.2, -0.15) is 0 Å². The Morgan fingerprint density at radius 2 is 1.89 bits per heavy atom. The van der Waals surface area contributed by atoms with Gasteiger partial charge in [0.15, 0.2) is 0 Å². The van der Waals surface area contributed by atoms with Crippen molar-refractivity contribution in [1.29, 1.82) is 0 Å². The number of anilines is 1. The first-order valence-electron chi connectivity index (χ1n) is 5.85. The third-order valence-electron chi connectivity index (χ3n) is 2.74. The van der Waals surface area contributed by atoms with E-state index in [1.165, 1.54) is 5.56 Å². The highest BCUT2D eigenvalue weighted by Crippen LogP contribution is 2.20. The number of carbonyl (C=O) groups is 2. The second-order valence-corrected chi connectivity index (χ2v) is 4.09. The van der Waals surface area contributed by atoms with Crippen LogP contribution in [0.5, 0.6) is 0 Å². The van der Waals surface area contributed by atoms with Crippen molar-refractivity contribution < 1.29 is 14.7 Å². The molecule has 1 aromatic carbocycles. The molecule has 1 rings (SSSR count). The number of carbonyl (C=O) groups excluding carboxylic acids is 1. The van der Waals surface area contributed by atoms with Gasteiger partial charge in [0, 0.05) is 17.8 Å². The average Bonchev–Trinajstić information content (AvgIpc) is 2.36. The molecule has 18 heavy (non-hydrogen) atoms. The van der Waals surface area contributed by atoms with E-state index in [2.05, 4.69) is 19.2 Å². The second kappa shape index (κ2) is 6.59. The smallest absolute Gasteiger partial charge is 0.328 e. The summed E-state index contributed by atoms with van der Waals surface area (Å²) in [7, 11) is 0. The molecule has 1 atom stereocenters. The van der Waals surface area contributed by atoms with Gasteiger partial charge in [-0.25, -0.2) is 4.79 Å². The van der Waals surface area contributed by atoms with Gasteiger partial charge in [0.25, 0.3) is 0 Å². The fourth-order valence-electron chi connectivity index (χ4n) is 1.46. The number of aliphatic carboxylic acids is 1. The number of carboxylic acids is 1. The Morgan fingerprint density at radius 3 is 2.39 bits per heavy atom. The van der Waals surface area contributed by atoms with Crippen LogP contribution < -0.4 is 5.32 Å². The molecule has 0 saturated heterocycles. The lowest BCUT2D eigenvalue weighted by molar-refractivity contribution is -0.131. The van der Waals surface area contributed by atoms with Gasteiger partial charge in [-0.1, -0.05) is 26.0 Å². The fourth-order valence-corrected chi connectivity index (χ4v) is 1.46. The minimum Gasteiger partial charge on any atom is -0.478 e. The molecule has 0 heterocycles. The van der Waals surface area contributed by atoms with Crippen molar-refractivity contribution in [2.24, 2.45) is 0 Å². The summed E-state index contributed by atoms with van der Waals surface area (Å²) < 4.78 is 0. The Hall–Kier alpha value is -2.10. The Balaban J connectivity index is 2.64. The first-order chi connectivity index (χ1) is 8.52. The van der Waals surface area contributed by atoms with E-state index in [0.717, 1.165) is 18.6 Å². The van der Waals surface area contributed by atoms with Crippen LogP contribution in [0.15, 0.2) is 36.4 Å². The summed E-state index contributed by atoms with van der Waals surface area (Å²) in [5.41, 5.74) is 1.87. The number of carboxylic acid groups (broad SMARTS) is 1. The number of hydrogen-bond donors (Lipinski definition) is 2. The molecule has 0 aliphatic heterocycles. The third-order valence-corrected chi connectivity index (χ3v) is 2.74.